The lowest BCUT2D eigenvalue weighted by molar-refractivity contribution is -0.617. The molecule has 11 rings (SSSR count). The highest BCUT2D eigenvalue weighted by atomic mass is 17.3. The van der Waals surface area contributed by atoms with Crippen LogP contribution in [0.15, 0.2) is 176 Å². The highest BCUT2D eigenvalue weighted by molar-refractivity contribution is 6.13. The van der Waals surface area contributed by atoms with Crippen LogP contribution in [-0.4, -0.2) is 50.1 Å². The van der Waals surface area contributed by atoms with Gasteiger partial charge in [-0.3, -0.25) is 9.68 Å². The van der Waals surface area contributed by atoms with Gasteiger partial charge in [-0.25, -0.2) is 9.59 Å². The maximum absolute atomic E-state index is 12.9. The van der Waals surface area contributed by atoms with E-state index in [0.29, 0.717) is 11.3 Å². The largest absolute Gasteiger partial charge is 0.423 e. The third kappa shape index (κ3) is 7.19. The van der Waals surface area contributed by atoms with Crippen molar-refractivity contribution in [3.8, 4) is 5.75 Å². The zero-order valence-electron chi connectivity index (χ0n) is 34.2. The van der Waals surface area contributed by atoms with E-state index in [1.165, 1.54) is 0 Å². The Labute approximate surface area is 358 Å². The average Bonchev–Trinajstić information content (AvgIpc) is 3.32. The molecule has 11 heteroatoms. The number of rotatable bonds is 2. The predicted molar refractivity (Wildman–Crippen MR) is 233 cm³/mol. The minimum Gasteiger partial charge on any atom is -0.423 e. The molecule has 0 radical (unpaired) electrons. The number of likely N-dealkylation sites (N-methyl/N-ethyl adjacent to an activating group) is 2. The van der Waals surface area contributed by atoms with Gasteiger partial charge in [-0.1, -0.05) is 121 Å². The second kappa shape index (κ2) is 17.5. The lowest BCUT2D eigenvalue weighted by atomic mass is 9.70. The molecule has 1 spiro atoms. The first-order valence-electron chi connectivity index (χ1n) is 20.1. The van der Waals surface area contributed by atoms with E-state index in [2.05, 4.69) is 31.4 Å². The number of nitrogens with zero attached hydrogens (tertiary/aromatic N) is 3. The standard InChI is InChI=1S/C21H16NO2.C15H13NO3.C14H13NO.CO2/c1-22-18-13-7-5-11-16(18)20(17-12-6-8-14-19(17)22)21(23)24-15-9-3-2-4-10-15;1-16-12-8-4-2-6-10(12)15(14(17)18-19-15)11-7-3-5-9-13(11)16;1-15-12-8-4-2-6-10(12)14(16)11-7-3-5-9-13(11)15;2-1-3/h2-14H,1H3;2-10,12H,1H3;2-10,12H,1H3;/q+1;;;. The number of aromatic nitrogens is 1. The first kappa shape index (κ1) is 41.0. The summed E-state index contributed by atoms with van der Waals surface area (Å²) in [5.74, 6) is 0.0592. The van der Waals surface area contributed by atoms with E-state index in [1.54, 1.807) is 12.1 Å². The SMILES string of the molecule is CN1c2ccccc2C(=O)C2C=CC=CC21.CN1c2ccccc2C2(OOC2=O)C2C=CC=CC21.C[n+]1c2ccccc2c(C(=O)Oc2ccccc2)c2ccccc21.O=C=O. The molecule has 3 aliphatic heterocycles. The number of allylic oxidation sites excluding steroid dienone is 4. The Hall–Kier alpha value is -7.72. The fourth-order valence-electron chi connectivity index (χ4n) is 8.92. The summed E-state index contributed by atoms with van der Waals surface area (Å²) in [6, 6.07) is 40.9. The third-order valence-corrected chi connectivity index (χ3v) is 11.9. The maximum Gasteiger partial charge on any atom is 0.383 e. The molecular weight excluding hydrogens is 783 g/mol. The van der Waals surface area contributed by atoms with Crippen LogP contribution in [0.5, 0.6) is 5.75 Å². The predicted octanol–water partition coefficient (Wildman–Crippen LogP) is 7.81. The van der Waals surface area contributed by atoms with Crippen LogP contribution in [0.2, 0.25) is 0 Å². The molecular formula is C51H42N3O8+. The van der Waals surface area contributed by atoms with Gasteiger partial charge in [-0.15, -0.1) is 0 Å². The molecule has 0 bridgehead atoms. The number of pyridine rings is 1. The third-order valence-electron chi connectivity index (χ3n) is 11.9. The number of hydrogen-bond donors (Lipinski definition) is 0. The highest BCUT2D eigenvalue weighted by Crippen LogP contribution is 2.53. The Morgan fingerprint density at radius 2 is 1.19 bits per heavy atom. The minimum absolute atomic E-state index is 0.0232. The van der Waals surface area contributed by atoms with Crippen LogP contribution < -0.4 is 19.1 Å². The summed E-state index contributed by atoms with van der Waals surface area (Å²) >= 11 is 0. The molecule has 0 amide bonds. The van der Waals surface area contributed by atoms with Gasteiger partial charge < -0.3 is 14.5 Å². The molecule has 2 aliphatic carbocycles. The number of fused-ring (bicyclic) bond motifs is 8. The molecule has 308 valence electrons. The summed E-state index contributed by atoms with van der Waals surface area (Å²) < 4.78 is 7.71. The van der Waals surface area contributed by atoms with Crippen molar-refractivity contribution in [3.05, 3.63) is 193 Å². The lowest BCUT2D eigenvalue weighted by Crippen LogP contribution is -2.63. The summed E-state index contributed by atoms with van der Waals surface area (Å²) in [5.41, 5.74) is 5.39. The zero-order chi connectivity index (χ0) is 43.4. The second-order valence-corrected chi connectivity index (χ2v) is 15.1. The second-order valence-electron chi connectivity index (χ2n) is 15.1. The van der Waals surface area contributed by atoms with Crippen LogP contribution >= 0.6 is 0 Å². The number of Topliss-reactive ketones (excluding diaryl/α,β-unsaturated/α-hetero) is 1. The molecule has 5 unspecified atom stereocenters. The normalized spacial score (nSPS) is 21.8. The highest BCUT2D eigenvalue weighted by Gasteiger charge is 2.64. The van der Waals surface area contributed by atoms with Gasteiger partial charge >= 0.3 is 18.1 Å². The van der Waals surface area contributed by atoms with Crippen molar-refractivity contribution in [2.45, 2.75) is 17.7 Å². The fraction of sp³-hybridized carbons (Fsp3) is 0.157. The van der Waals surface area contributed by atoms with Crippen LogP contribution in [0.4, 0.5) is 11.4 Å². The van der Waals surface area contributed by atoms with E-state index in [-0.39, 0.29) is 47.8 Å². The van der Waals surface area contributed by atoms with Crippen molar-refractivity contribution in [2.24, 2.45) is 18.9 Å². The molecule has 1 aromatic heterocycles. The van der Waals surface area contributed by atoms with E-state index in [9.17, 15) is 14.4 Å². The number of ether oxygens (including phenoxy) is 1. The van der Waals surface area contributed by atoms with E-state index >= 15 is 0 Å². The van der Waals surface area contributed by atoms with Gasteiger partial charge in [0.1, 0.15) is 12.8 Å². The quantitative estimate of drug-likeness (QED) is 0.0562. The number of carbonyl (C=O) groups excluding carboxylic acids is 5. The van der Waals surface area contributed by atoms with Gasteiger partial charge in [0, 0.05) is 48.7 Å². The first-order chi connectivity index (χ1) is 30.2. The number of benzene rings is 5. The molecule has 62 heavy (non-hydrogen) atoms. The Balaban J connectivity index is 0.000000126. The molecule has 0 saturated carbocycles. The average molecular weight is 825 g/mol. The molecule has 0 N–H and O–H groups in total. The van der Waals surface area contributed by atoms with Crippen molar-refractivity contribution < 1.29 is 43.1 Å². The van der Waals surface area contributed by atoms with Crippen LogP contribution in [0, 0.1) is 11.8 Å². The van der Waals surface area contributed by atoms with E-state index in [1.807, 2.05) is 173 Å². The van der Waals surface area contributed by atoms with Crippen molar-refractivity contribution >= 4 is 57.1 Å². The van der Waals surface area contributed by atoms with E-state index in [4.69, 9.17) is 19.2 Å². The number of esters is 1. The lowest BCUT2D eigenvalue weighted by Gasteiger charge is -2.51. The van der Waals surface area contributed by atoms with Crippen molar-refractivity contribution in [3.63, 3.8) is 0 Å². The van der Waals surface area contributed by atoms with Crippen molar-refractivity contribution in [2.75, 3.05) is 23.9 Å². The van der Waals surface area contributed by atoms with Crippen LogP contribution in [-0.2, 0) is 36.8 Å². The molecule has 4 heterocycles. The Morgan fingerprint density at radius 1 is 0.661 bits per heavy atom. The molecule has 6 aromatic rings. The van der Waals surface area contributed by atoms with Crippen LogP contribution in [0.3, 0.4) is 0 Å². The first-order valence-corrected chi connectivity index (χ1v) is 20.1. The number of aryl methyl sites for hydroxylation is 1. The van der Waals surface area contributed by atoms with Gasteiger partial charge in [0.2, 0.25) is 16.6 Å². The van der Waals surface area contributed by atoms with Gasteiger partial charge in [0.15, 0.2) is 5.78 Å². The monoisotopic (exact) mass is 824 g/mol. The zero-order valence-corrected chi connectivity index (χ0v) is 34.2. The van der Waals surface area contributed by atoms with Gasteiger partial charge in [-0.2, -0.15) is 19.0 Å². The molecule has 5 atom stereocenters. The molecule has 5 aliphatic rings. The smallest absolute Gasteiger partial charge is 0.383 e. The number of carbonyl (C=O) groups is 3. The van der Waals surface area contributed by atoms with Gasteiger partial charge in [0.05, 0.1) is 40.3 Å². The minimum atomic E-state index is -0.977. The van der Waals surface area contributed by atoms with Crippen LogP contribution in [0.25, 0.3) is 21.8 Å². The van der Waals surface area contributed by atoms with Gasteiger partial charge in [0.25, 0.3) is 0 Å². The molecule has 11 nitrogen and oxygen atoms in total. The summed E-state index contributed by atoms with van der Waals surface area (Å²) in [7, 11) is 6.10. The van der Waals surface area contributed by atoms with Gasteiger partial charge in [-0.05, 0) is 42.5 Å². The van der Waals surface area contributed by atoms with Crippen LogP contribution in [0.1, 0.15) is 26.3 Å². The summed E-state index contributed by atoms with van der Waals surface area (Å²) in [5, 5.41) is 1.78. The summed E-state index contributed by atoms with van der Waals surface area (Å²) in [6.07, 6.45) is 16.4. The fourth-order valence-corrected chi connectivity index (χ4v) is 8.92. The summed E-state index contributed by atoms with van der Waals surface area (Å²) in [4.78, 5) is 67.9. The topological polar surface area (TPSA) is 123 Å². The molecule has 5 aromatic carbocycles. The Kier molecular flexibility index (Phi) is 11.6. The summed E-state index contributed by atoms with van der Waals surface area (Å²) in [6.45, 7) is 0. The van der Waals surface area contributed by atoms with Crippen molar-refractivity contribution in [1.82, 2.24) is 0 Å². The number of anilines is 2. The number of hydrogen-bond acceptors (Lipinski definition) is 10. The Morgan fingerprint density at radius 3 is 1.84 bits per heavy atom. The Bertz CT molecular complexity index is 2800. The number of ketones is 1. The van der Waals surface area contributed by atoms with Crippen molar-refractivity contribution in [1.29, 1.82) is 0 Å². The maximum atomic E-state index is 12.9. The number of para-hydroxylation sites is 5. The van der Waals surface area contributed by atoms with E-state index < -0.39 is 5.60 Å². The van der Waals surface area contributed by atoms with E-state index in [0.717, 1.165) is 44.3 Å². The molecule has 1 fully saturated rings. The molecule has 1 saturated heterocycles.